The van der Waals surface area contributed by atoms with Gasteiger partial charge in [0, 0.05) is 11.8 Å². The topological polar surface area (TPSA) is 60.2 Å². The van der Waals surface area contributed by atoms with E-state index in [0.717, 1.165) is 0 Å². The van der Waals surface area contributed by atoms with Crippen molar-refractivity contribution in [2.75, 3.05) is 18.3 Å². The van der Waals surface area contributed by atoms with Crippen LogP contribution in [0.5, 0.6) is 0 Å². The molecular weight excluding hydrogens is 294 g/mol. The Hall–Kier alpha value is -0.880. The number of rotatable bonds is 4. The van der Waals surface area contributed by atoms with Crippen molar-refractivity contribution in [1.29, 1.82) is 0 Å². The van der Waals surface area contributed by atoms with Gasteiger partial charge >= 0.3 is 0 Å². The molecule has 0 aromatic heterocycles. The van der Waals surface area contributed by atoms with Crippen molar-refractivity contribution in [2.24, 2.45) is 0 Å². The first-order valence-corrected chi connectivity index (χ1v) is 8.94. The van der Waals surface area contributed by atoms with E-state index in [4.69, 9.17) is 0 Å². The minimum Gasteiger partial charge on any atom is -0.293 e. The molecule has 0 saturated carbocycles. The Morgan fingerprint density at radius 1 is 1.44 bits per heavy atom. The maximum Gasteiger partial charge on any atom is 0.280 e. The first-order valence-electron chi connectivity index (χ1n) is 4.48. The molecule has 0 bridgehead atoms. The first kappa shape index (κ1) is 13.2. The Bertz CT molecular complexity index is 428. The fourth-order valence-corrected chi connectivity index (χ4v) is 2.66. The second-order valence-corrected chi connectivity index (χ2v) is 12.1. The minimum absolute atomic E-state index is 0.122. The number of hydrogen-bond acceptors (Lipinski definition) is 3. The molecular formula is C10H12BrNO3S. The van der Waals surface area contributed by atoms with E-state index in [1.165, 1.54) is 12.1 Å². The highest BCUT2D eigenvalue weighted by atomic mass is 79.9. The van der Waals surface area contributed by atoms with Crippen molar-refractivity contribution in [2.45, 2.75) is 0 Å². The number of nitro benzene ring substituents is 1. The molecule has 0 unspecified atom stereocenters. The fraction of sp³-hybridized carbons (Fsp3) is 0.300. The molecule has 0 aliphatic heterocycles. The maximum atomic E-state index is 11.9. The molecule has 6 heteroatoms. The van der Waals surface area contributed by atoms with Gasteiger partial charge in [0.1, 0.15) is 0 Å². The Morgan fingerprint density at radius 2 is 2.00 bits per heavy atom. The molecule has 0 N–H and O–H groups in total. The summed E-state index contributed by atoms with van der Waals surface area (Å²) in [5.41, 5.74) is 0.0659. The number of nitro groups is 1. The summed E-state index contributed by atoms with van der Waals surface area (Å²) in [4.78, 5) is 22.1. The van der Waals surface area contributed by atoms with Crippen molar-refractivity contribution in [1.82, 2.24) is 0 Å². The van der Waals surface area contributed by atoms with Crippen LogP contribution in [0.15, 0.2) is 24.3 Å². The van der Waals surface area contributed by atoms with E-state index in [1.807, 2.05) is 12.5 Å². The molecule has 0 saturated heterocycles. The summed E-state index contributed by atoms with van der Waals surface area (Å²) in [6, 6.07) is 6.04. The second kappa shape index (κ2) is 4.97. The lowest BCUT2D eigenvalue weighted by molar-refractivity contribution is -0.385. The van der Waals surface area contributed by atoms with Gasteiger partial charge in [0.05, 0.1) is 10.5 Å². The highest BCUT2D eigenvalue weighted by Gasteiger charge is 2.22. The van der Waals surface area contributed by atoms with Gasteiger partial charge in [-0.2, -0.15) is 8.46 Å². The van der Waals surface area contributed by atoms with Gasteiger partial charge < -0.3 is 0 Å². The molecule has 0 heterocycles. The van der Waals surface area contributed by atoms with Gasteiger partial charge in [-0.05, 0) is 33.4 Å². The third-order valence-corrected chi connectivity index (χ3v) is 3.51. The molecule has 0 aliphatic carbocycles. The van der Waals surface area contributed by atoms with Crippen LogP contribution in [0.4, 0.5) is 5.69 Å². The smallest absolute Gasteiger partial charge is 0.280 e. The number of nitrogens with zero attached hydrogens (tertiary/aromatic N) is 1. The van der Waals surface area contributed by atoms with Crippen molar-refractivity contribution in [3.8, 4) is 0 Å². The van der Waals surface area contributed by atoms with Crippen LogP contribution in [0, 0.1) is 10.1 Å². The Morgan fingerprint density at radius 3 is 2.50 bits per heavy atom. The van der Waals surface area contributed by atoms with E-state index in [1.54, 1.807) is 12.1 Å². The van der Waals surface area contributed by atoms with Crippen molar-refractivity contribution in [3.05, 3.63) is 39.9 Å². The molecule has 0 fully saturated rings. The van der Waals surface area contributed by atoms with Crippen molar-refractivity contribution < 1.29 is 9.72 Å². The molecule has 0 radical (unpaired) electrons. The zero-order chi connectivity index (χ0) is 12.3. The molecule has 1 aromatic rings. The van der Waals surface area contributed by atoms with Crippen LogP contribution in [-0.4, -0.2) is 29.0 Å². The minimum atomic E-state index is -1.17. The third-order valence-electron chi connectivity index (χ3n) is 1.88. The molecule has 88 valence electrons. The van der Waals surface area contributed by atoms with E-state index >= 15 is 0 Å². The lowest BCUT2D eigenvalue weighted by Crippen LogP contribution is -2.10. The summed E-state index contributed by atoms with van der Waals surface area (Å²) < 4.78 is 0. The van der Waals surface area contributed by atoms with Crippen LogP contribution >= 0.6 is 23.3 Å². The standard InChI is InChI=1S/C10H12BrNO3S/c1-16(2,11)7-10(13)8-5-3-4-6-9(8)12(14)15/h3-6H,7H2,1-2H3. The van der Waals surface area contributed by atoms with Crippen LogP contribution in [-0.2, 0) is 0 Å². The van der Waals surface area contributed by atoms with Gasteiger partial charge in [0.15, 0.2) is 5.78 Å². The predicted molar refractivity (Wildman–Crippen MR) is 70.7 cm³/mol. The van der Waals surface area contributed by atoms with Crippen LogP contribution in [0.1, 0.15) is 10.4 Å². The summed E-state index contributed by atoms with van der Waals surface area (Å²) in [7, 11) is -1.17. The Labute approximate surface area is 103 Å². The van der Waals surface area contributed by atoms with E-state index in [0.29, 0.717) is 5.75 Å². The normalized spacial score (nSPS) is 12.2. The zero-order valence-electron chi connectivity index (χ0n) is 8.97. The predicted octanol–water partition coefficient (Wildman–Crippen LogP) is 3.15. The molecule has 0 amide bonds. The maximum absolute atomic E-state index is 11.9. The average molecular weight is 306 g/mol. The SMILES string of the molecule is CS(C)(Br)CC(=O)c1ccccc1[N+](=O)[O-]. The molecule has 4 nitrogen and oxygen atoms in total. The van der Waals surface area contributed by atoms with Crippen LogP contribution in [0.25, 0.3) is 0 Å². The monoisotopic (exact) mass is 305 g/mol. The van der Waals surface area contributed by atoms with E-state index in [2.05, 4.69) is 14.8 Å². The highest BCUT2D eigenvalue weighted by molar-refractivity contribution is 9.58. The largest absolute Gasteiger partial charge is 0.293 e. The van der Waals surface area contributed by atoms with E-state index in [-0.39, 0.29) is 17.0 Å². The summed E-state index contributed by atoms with van der Waals surface area (Å²) >= 11 is 3.43. The number of Topliss-reactive ketones (excluding diaryl/α,β-unsaturated/α-hetero) is 1. The molecule has 0 aliphatic rings. The Balaban J connectivity index is 3.04. The highest BCUT2D eigenvalue weighted by Crippen LogP contribution is 2.48. The number of halogens is 1. The number of carbonyl (C=O) groups excluding carboxylic acids is 1. The van der Waals surface area contributed by atoms with Crippen molar-refractivity contribution in [3.63, 3.8) is 0 Å². The molecule has 16 heavy (non-hydrogen) atoms. The zero-order valence-corrected chi connectivity index (χ0v) is 11.4. The molecule has 1 aromatic carbocycles. The van der Waals surface area contributed by atoms with Gasteiger partial charge in [-0.15, -0.1) is 0 Å². The number of hydrogen-bond donors (Lipinski definition) is 0. The van der Waals surface area contributed by atoms with Gasteiger partial charge in [0.25, 0.3) is 5.69 Å². The number of benzene rings is 1. The first-order chi connectivity index (χ1) is 7.31. The fourth-order valence-electron chi connectivity index (χ4n) is 1.26. The van der Waals surface area contributed by atoms with Gasteiger partial charge in [-0.25, -0.2) is 0 Å². The van der Waals surface area contributed by atoms with Gasteiger partial charge in [-0.1, -0.05) is 12.1 Å². The van der Waals surface area contributed by atoms with E-state index in [9.17, 15) is 14.9 Å². The number of carbonyl (C=O) groups is 1. The lowest BCUT2D eigenvalue weighted by atomic mass is 10.1. The van der Waals surface area contributed by atoms with Crippen LogP contribution in [0.3, 0.4) is 0 Å². The van der Waals surface area contributed by atoms with Crippen molar-refractivity contribution >= 4 is 34.7 Å². The summed E-state index contributed by atoms with van der Waals surface area (Å²) in [6.45, 7) is 0. The lowest BCUT2D eigenvalue weighted by Gasteiger charge is -2.20. The van der Waals surface area contributed by atoms with Gasteiger partial charge in [-0.3, -0.25) is 14.9 Å². The van der Waals surface area contributed by atoms with Gasteiger partial charge in [0.2, 0.25) is 0 Å². The average Bonchev–Trinajstić information content (AvgIpc) is 2.15. The molecule has 1 rings (SSSR count). The van der Waals surface area contributed by atoms with E-state index < -0.39 is 13.4 Å². The molecule has 0 atom stereocenters. The second-order valence-electron chi connectivity index (χ2n) is 3.75. The Kier molecular flexibility index (Phi) is 4.09. The summed E-state index contributed by atoms with van der Waals surface area (Å²) in [6.07, 6.45) is 3.86. The molecule has 0 spiro atoms. The summed E-state index contributed by atoms with van der Waals surface area (Å²) in [5.74, 6) is 0.113. The number of para-hydroxylation sites is 1. The summed E-state index contributed by atoms with van der Waals surface area (Å²) in [5, 5.41) is 10.7. The van der Waals surface area contributed by atoms with Crippen LogP contribution in [0.2, 0.25) is 0 Å². The third kappa shape index (κ3) is 3.61. The van der Waals surface area contributed by atoms with Crippen LogP contribution < -0.4 is 0 Å². The quantitative estimate of drug-likeness (QED) is 0.488. The number of ketones is 1.